The van der Waals surface area contributed by atoms with Gasteiger partial charge < -0.3 is 5.11 Å². The van der Waals surface area contributed by atoms with Crippen molar-refractivity contribution in [3.63, 3.8) is 0 Å². The highest BCUT2D eigenvalue weighted by molar-refractivity contribution is 7.98. The molecule has 0 aliphatic heterocycles. The first-order valence-corrected chi connectivity index (χ1v) is 6.93. The number of aliphatic hydroxyl groups is 1. The number of thioether (sulfide) groups is 1. The van der Waals surface area contributed by atoms with Gasteiger partial charge in [-0.3, -0.25) is 0 Å². The summed E-state index contributed by atoms with van der Waals surface area (Å²) < 4.78 is 12.8. The van der Waals surface area contributed by atoms with E-state index in [0.717, 1.165) is 16.2 Å². The lowest BCUT2D eigenvalue weighted by Gasteiger charge is -2.08. The molecule has 0 spiro atoms. The van der Waals surface area contributed by atoms with Crippen LogP contribution in [0, 0.1) is 12.7 Å². The third kappa shape index (κ3) is 3.75. The first kappa shape index (κ1) is 14.0. The second kappa shape index (κ2) is 6.12. The molecule has 0 bridgehead atoms. The van der Waals surface area contributed by atoms with Crippen molar-refractivity contribution >= 4 is 11.8 Å². The minimum absolute atomic E-state index is 0.238. The molecular weight excluding hydrogens is 263 g/mol. The molecule has 2 aromatic rings. The quantitative estimate of drug-likeness (QED) is 0.872. The van der Waals surface area contributed by atoms with Crippen molar-refractivity contribution in [2.75, 3.05) is 0 Å². The van der Waals surface area contributed by atoms with Gasteiger partial charge in [0.05, 0.1) is 11.9 Å². The Morgan fingerprint density at radius 1 is 1.32 bits per heavy atom. The number of aryl methyl sites for hydroxylation is 1. The number of rotatable bonds is 4. The minimum Gasteiger partial charge on any atom is -0.389 e. The molecule has 0 radical (unpaired) electrons. The second-order valence-electron chi connectivity index (χ2n) is 4.25. The van der Waals surface area contributed by atoms with Crippen LogP contribution in [0.25, 0.3) is 0 Å². The maximum Gasteiger partial charge on any atom is 0.138 e. The zero-order valence-electron chi connectivity index (χ0n) is 10.8. The summed E-state index contributed by atoms with van der Waals surface area (Å²) in [6.45, 7) is 3.55. The molecule has 1 heterocycles. The zero-order chi connectivity index (χ0) is 13.8. The van der Waals surface area contributed by atoms with Gasteiger partial charge >= 0.3 is 0 Å². The summed E-state index contributed by atoms with van der Waals surface area (Å²) in [6, 6.07) is 6.34. The number of aromatic nitrogens is 2. The van der Waals surface area contributed by atoms with Gasteiger partial charge in [0.15, 0.2) is 0 Å². The van der Waals surface area contributed by atoms with Crippen LogP contribution < -0.4 is 0 Å². The Morgan fingerprint density at radius 3 is 2.58 bits per heavy atom. The maximum atomic E-state index is 12.8. The van der Waals surface area contributed by atoms with E-state index in [1.807, 2.05) is 6.92 Å². The molecule has 0 aliphatic carbocycles. The van der Waals surface area contributed by atoms with Gasteiger partial charge in [-0.25, -0.2) is 14.4 Å². The Labute approximate surface area is 115 Å². The molecule has 2 rings (SSSR count). The Morgan fingerprint density at radius 2 is 2.00 bits per heavy atom. The highest BCUT2D eigenvalue weighted by atomic mass is 32.2. The summed E-state index contributed by atoms with van der Waals surface area (Å²) in [7, 11) is 0. The normalized spacial score (nSPS) is 12.4. The van der Waals surface area contributed by atoms with E-state index in [-0.39, 0.29) is 5.82 Å². The van der Waals surface area contributed by atoms with E-state index in [1.54, 1.807) is 37.0 Å². The number of aliphatic hydroxyl groups excluding tert-OH is 1. The van der Waals surface area contributed by atoms with Gasteiger partial charge in [-0.05, 0) is 38.1 Å². The zero-order valence-corrected chi connectivity index (χ0v) is 11.6. The van der Waals surface area contributed by atoms with Crippen LogP contribution >= 0.6 is 11.8 Å². The molecule has 19 heavy (non-hydrogen) atoms. The average molecular weight is 278 g/mol. The third-order valence-electron chi connectivity index (χ3n) is 2.70. The molecule has 1 atom stereocenters. The fourth-order valence-electron chi connectivity index (χ4n) is 1.68. The summed E-state index contributed by atoms with van der Waals surface area (Å²) in [5.74, 6) is 1.08. The maximum absolute atomic E-state index is 12.8. The van der Waals surface area contributed by atoms with Crippen LogP contribution in [-0.4, -0.2) is 15.1 Å². The molecule has 1 N–H and O–H groups in total. The van der Waals surface area contributed by atoms with Gasteiger partial charge in [0.2, 0.25) is 0 Å². The van der Waals surface area contributed by atoms with E-state index in [0.29, 0.717) is 11.6 Å². The van der Waals surface area contributed by atoms with Crippen molar-refractivity contribution in [2.24, 2.45) is 0 Å². The molecule has 0 unspecified atom stereocenters. The van der Waals surface area contributed by atoms with Gasteiger partial charge in [-0.15, -0.1) is 11.8 Å². The summed E-state index contributed by atoms with van der Waals surface area (Å²) in [5.41, 5.74) is 1.54. The predicted octanol–water partition coefficient (Wildman–Crippen LogP) is 3.27. The van der Waals surface area contributed by atoms with E-state index in [1.165, 1.54) is 12.1 Å². The molecule has 5 heteroatoms. The molecule has 0 fully saturated rings. The molecule has 1 aromatic heterocycles. The van der Waals surface area contributed by atoms with Crippen LogP contribution in [0.15, 0.2) is 35.4 Å². The third-order valence-corrected chi connectivity index (χ3v) is 3.71. The fourth-order valence-corrected chi connectivity index (χ4v) is 2.45. The average Bonchev–Trinajstić information content (AvgIpc) is 2.37. The van der Waals surface area contributed by atoms with Gasteiger partial charge in [0.1, 0.15) is 11.6 Å². The van der Waals surface area contributed by atoms with Crippen molar-refractivity contribution in [1.29, 1.82) is 0 Å². The number of hydrogen-bond donors (Lipinski definition) is 1. The van der Waals surface area contributed by atoms with E-state index >= 15 is 0 Å². The number of halogens is 1. The minimum atomic E-state index is -0.557. The van der Waals surface area contributed by atoms with Crippen LogP contribution in [-0.2, 0) is 5.75 Å². The SMILES string of the molecule is Cc1nc(CSc2ccc(F)cc2)ncc1[C@H](C)O. The first-order chi connectivity index (χ1) is 9.06. The van der Waals surface area contributed by atoms with Gasteiger partial charge in [-0.1, -0.05) is 0 Å². The standard InChI is InChI=1S/C14H15FN2OS/c1-9-13(10(2)18)7-16-14(17-9)8-19-12-5-3-11(15)4-6-12/h3-7,10,18H,8H2,1-2H3/t10-/m0/s1. The smallest absolute Gasteiger partial charge is 0.138 e. The van der Waals surface area contributed by atoms with Crippen LogP contribution in [0.4, 0.5) is 4.39 Å². The molecule has 0 saturated heterocycles. The van der Waals surface area contributed by atoms with Crippen LogP contribution in [0.2, 0.25) is 0 Å². The Balaban J connectivity index is 2.04. The monoisotopic (exact) mass is 278 g/mol. The summed E-state index contributed by atoms with van der Waals surface area (Å²) in [6.07, 6.45) is 1.10. The van der Waals surface area contributed by atoms with Crippen LogP contribution in [0.3, 0.4) is 0 Å². The van der Waals surface area contributed by atoms with Crippen LogP contribution in [0.1, 0.15) is 30.1 Å². The lowest BCUT2D eigenvalue weighted by molar-refractivity contribution is 0.197. The predicted molar refractivity (Wildman–Crippen MR) is 73.4 cm³/mol. The largest absolute Gasteiger partial charge is 0.389 e. The molecule has 1 aromatic carbocycles. The van der Waals surface area contributed by atoms with Crippen molar-refractivity contribution in [2.45, 2.75) is 30.6 Å². The van der Waals surface area contributed by atoms with E-state index in [9.17, 15) is 9.50 Å². The molecule has 0 amide bonds. The number of nitrogens with zero attached hydrogens (tertiary/aromatic N) is 2. The number of hydrogen-bond acceptors (Lipinski definition) is 4. The van der Waals surface area contributed by atoms with E-state index in [2.05, 4.69) is 9.97 Å². The molecular formula is C14H15FN2OS. The molecule has 3 nitrogen and oxygen atoms in total. The van der Waals surface area contributed by atoms with Crippen LogP contribution in [0.5, 0.6) is 0 Å². The van der Waals surface area contributed by atoms with Crippen molar-refractivity contribution in [3.05, 3.63) is 53.4 Å². The highest BCUT2D eigenvalue weighted by Gasteiger charge is 2.08. The lowest BCUT2D eigenvalue weighted by atomic mass is 10.1. The topological polar surface area (TPSA) is 46.0 Å². The molecule has 0 saturated carbocycles. The summed E-state index contributed by atoms with van der Waals surface area (Å²) in [5, 5.41) is 9.51. The first-order valence-electron chi connectivity index (χ1n) is 5.95. The Hall–Kier alpha value is -1.46. The second-order valence-corrected chi connectivity index (χ2v) is 5.29. The number of benzene rings is 1. The van der Waals surface area contributed by atoms with E-state index in [4.69, 9.17) is 0 Å². The van der Waals surface area contributed by atoms with Gasteiger partial charge in [-0.2, -0.15) is 0 Å². The Bertz CT molecular complexity index is 558. The highest BCUT2D eigenvalue weighted by Crippen LogP contribution is 2.22. The Kier molecular flexibility index (Phi) is 4.50. The summed E-state index contributed by atoms with van der Waals surface area (Å²) >= 11 is 1.55. The van der Waals surface area contributed by atoms with Crippen molar-refractivity contribution in [3.8, 4) is 0 Å². The lowest BCUT2D eigenvalue weighted by Crippen LogP contribution is -2.02. The van der Waals surface area contributed by atoms with Crippen molar-refractivity contribution < 1.29 is 9.50 Å². The molecule has 100 valence electrons. The molecule has 0 aliphatic rings. The van der Waals surface area contributed by atoms with Crippen molar-refractivity contribution in [1.82, 2.24) is 9.97 Å². The van der Waals surface area contributed by atoms with Gasteiger partial charge in [0.25, 0.3) is 0 Å². The fraction of sp³-hybridized carbons (Fsp3) is 0.286. The summed E-state index contributed by atoms with van der Waals surface area (Å²) in [4.78, 5) is 9.56. The van der Waals surface area contributed by atoms with Gasteiger partial charge in [0, 0.05) is 22.3 Å². The van der Waals surface area contributed by atoms with E-state index < -0.39 is 6.10 Å².